The van der Waals surface area contributed by atoms with Crippen LogP contribution in [0.25, 0.3) is 0 Å². The fourth-order valence-corrected chi connectivity index (χ4v) is 3.47. The molecule has 27 heavy (non-hydrogen) atoms. The van der Waals surface area contributed by atoms with Crippen LogP contribution in [-0.4, -0.2) is 35.7 Å². The van der Waals surface area contributed by atoms with Crippen molar-refractivity contribution in [3.8, 4) is 0 Å². The zero-order valence-electron chi connectivity index (χ0n) is 14.9. The van der Waals surface area contributed by atoms with Gasteiger partial charge in [0.05, 0.1) is 6.42 Å². The van der Waals surface area contributed by atoms with Crippen molar-refractivity contribution in [2.24, 2.45) is 17.8 Å². The van der Waals surface area contributed by atoms with E-state index in [9.17, 15) is 24.5 Å². The highest BCUT2D eigenvalue weighted by atomic mass is 35.5. The second-order valence-corrected chi connectivity index (χ2v) is 7.07. The first-order valence-electron chi connectivity index (χ1n) is 8.58. The predicted octanol–water partition coefficient (Wildman–Crippen LogP) is 2.01. The molecule has 1 saturated carbocycles. The number of carbonyl (C=O) groups is 3. The molecule has 0 heterocycles. The molecule has 0 unspecified atom stereocenters. The fraction of sp³-hybridized carbons (Fsp3) is 0.500. The van der Waals surface area contributed by atoms with E-state index >= 15 is 0 Å². The Kier molecular flexibility index (Phi) is 7.29. The Labute approximate surface area is 161 Å². The molecule has 8 nitrogen and oxygen atoms in total. The van der Waals surface area contributed by atoms with E-state index in [1.165, 1.54) is 0 Å². The monoisotopic (exact) mass is 396 g/mol. The first-order chi connectivity index (χ1) is 12.8. The highest BCUT2D eigenvalue weighted by Gasteiger charge is 2.44. The Morgan fingerprint density at radius 1 is 1.37 bits per heavy atom. The number of halogens is 1. The maximum Gasteiger partial charge on any atom is 0.307 e. The van der Waals surface area contributed by atoms with Gasteiger partial charge in [-0.1, -0.05) is 36.7 Å². The van der Waals surface area contributed by atoms with E-state index in [1.807, 2.05) is 0 Å². The minimum atomic E-state index is -0.732. The number of nitrogens with one attached hydrogen (secondary N) is 1. The number of carbonyl (C=O) groups excluding carboxylic acids is 3. The van der Waals surface area contributed by atoms with Crippen LogP contribution < -0.4 is 5.32 Å². The van der Waals surface area contributed by atoms with Crippen LogP contribution in [0.2, 0.25) is 5.02 Å². The minimum Gasteiger partial charge on any atom is -0.456 e. The number of nitro groups is 1. The molecule has 2 rings (SSSR count). The number of nitrogens with zero attached hydrogens (tertiary/aromatic N) is 1. The van der Waals surface area contributed by atoms with Crippen LogP contribution in [0, 0.1) is 27.9 Å². The van der Waals surface area contributed by atoms with Gasteiger partial charge in [-0.15, -0.1) is 0 Å². The Morgan fingerprint density at radius 2 is 2.07 bits per heavy atom. The van der Waals surface area contributed by atoms with Crippen molar-refractivity contribution in [3.63, 3.8) is 0 Å². The number of rotatable bonds is 8. The summed E-state index contributed by atoms with van der Waals surface area (Å²) in [6, 6.07) is 7.02. The van der Waals surface area contributed by atoms with Gasteiger partial charge in [-0.2, -0.15) is 0 Å². The third kappa shape index (κ3) is 6.02. The molecule has 0 bridgehead atoms. The molecule has 0 spiro atoms. The molecule has 1 fully saturated rings. The van der Waals surface area contributed by atoms with Crippen molar-refractivity contribution >= 4 is 29.3 Å². The summed E-state index contributed by atoms with van der Waals surface area (Å²) in [4.78, 5) is 46.1. The molecular weight excluding hydrogens is 376 g/mol. The number of hydrogen-bond acceptors (Lipinski definition) is 6. The molecule has 1 N–H and O–H groups in total. The smallest absolute Gasteiger partial charge is 0.307 e. The topological polar surface area (TPSA) is 116 Å². The van der Waals surface area contributed by atoms with Crippen LogP contribution in [0.5, 0.6) is 0 Å². The average Bonchev–Trinajstić information content (AvgIpc) is 2.85. The van der Waals surface area contributed by atoms with Crippen molar-refractivity contribution in [1.82, 2.24) is 5.32 Å². The third-order valence-electron chi connectivity index (χ3n) is 4.73. The Hall–Kier alpha value is -2.48. The highest BCUT2D eigenvalue weighted by Crippen LogP contribution is 2.36. The van der Waals surface area contributed by atoms with Gasteiger partial charge in [-0.25, -0.2) is 0 Å². The Bertz CT molecular complexity index is 738. The standard InChI is InChI=1S/C18H21ClN2O6/c1-11-6-16(22)13(14(11)9-21(25)26)7-18(24)27-10-17(23)20-8-12-4-2-3-5-15(12)19/h2-5,11,13-14H,6-10H2,1H3,(H,20,23)/t11-,13+,14+/m0/s1. The Morgan fingerprint density at radius 3 is 2.74 bits per heavy atom. The van der Waals surface area contributed by atoms with Gasteiger partial charge < -0.3 is 10.1 Å². The number of ketones is 1. The lowest BCUT2D eigenvalue weighted by molar-refractivity contribution is -0.490. The predicted molar refractivity (Wildman–Crippen MR) is 96.5 cm³/mol. The summed E-state index contributed by atoms with van der Waals surface area (Å²) < 4.78 is 4.92. The SMILES string of the molecule is C[C@H]1CC(=O)[C@H](CC(=O)OCC(=O)NCc2ccccc2Cl)[C@@H]1C[N+](=O)[O-]. The molecule has 0 saturated heterocycles. The second kappa shape index (κ2) is 9.45. The second-order valence-electron chi connectivity index (χ2n) is 6.67. The zero-order valence-corrected chi connectivity index (χ0v) is 15.6. The van der Waals surface area contributed by atoms with Crippen LogP contribution in [0.4, 0.5) is 0 Å². The summed E-state index contributed by atoms with van der Waals surface area (Å²) in [5.41, 5.74) is 0.729. The van der Waals surface area contributed by atoms with Gasteiger partial charge in [-0.3, -0.25) is 24.5 Å². The lowest BCUT2D eigenvalue weighted by Crippen LogP contribution is -2.30. The molecule has 1 aromatic carbocycles. The van der Waals surface area contributed by atoms with E-state index in [-0.39, 0.29) is 37.6 Å². The molecule has 3 atom stereocenters. The van der Waals surface area contributed by atoms with Gasteiger partial charge in [0.2, 0.25) is 6.54 Å². The van der Waals surface area contributed by atoms with Crippen LogP contribution in [-0.2, 0) is 25.7 Å². The highest BCUT2D eigenvalue weighted by molar-refractivity contribution is 6.31. The first kappa shape index (κ1) is 20.8. The van der Waals surface area contributed by atoms with Crippen LogP contribution in [0.3, 0.4) is 0 Å². The molecule has 0 aliphatic heterocycles. The van der Waals surface area contributed by atoms with Crippen molar-refractivity contribution in [2.45, 2.75) is 26.3 Å². The molecule has 1 aromatic rings. The third-order valence-corrected chi connectivity index (χ3v) is 5.10. The number of benzene rings is 1. The van der Waals surface area contributed by atoms with Gasteiger partial charge in [0, 0.05) is 34.7 Å². The number of hydrogen-bond donors (Lipinski definition) is 1. The summed E-state index contributed by atoms with van der Waals surface area (Å²) in [5.74, 6) is -2.77. The summed E-state index contributed by atoms with van der Waals surface area (Å²) in [6.45, 7) is 1.11. The van der Waals surface area contributed by atoms with Gasteiger partial charge in [0.15, 0.2) is 6.61 Å². The quantitative estimate of drug-likeness (QED) is 0.408. The summed E-state index contributed by atoms with van der Waals surface area (Å²) in [5, 5.41) is 13.9. The van der Waals surface area contributed by atoms with E-state index in [0.717, 1.165) is 5.56 Å². The first-order valence-corrected chi connectivity index (χ1v) is 8.96. The number of ether oxygens (including phenoxy) is 1. The van der Waals surface area contributed by atoms with Crippen molar-refractivity contribution in [2.75, 3.05) is 13.2 Å². The van der Waals surface area contributed by atoms with E-state index in [0.29, 0.717) is 5.02 Å². The summed E-state index contributed by atoms with van der Waals surface area (Å²) >= 11 is 5.99. The fourth-order valence-electron chi connectivity index (χ4n) is 3.27. The van der Waals surface area contributed by atoms with Crippen LogP contribution >= 0.6 is 11.6 Å². The number of Topliss-reactive ketones (excluding diaryl/α,β-unsaturated/α-hetero) is 1. The lowest BCUT2D eigenvalue weighted by atomic mass is 9.88. The van der Waals surface area contributed by atoms with Crippen molar-refractivity contribution in [1.29, 1.82) is 0 Å². The van der Waals surface area contributed by atoms with Gasteiger partial charge in [0.1, 0.15) is 5.78 Å². The van der Waals surface area contributed by atoms with Gasteiger partial charge >= 0.3 is 5.97 Å². The number of amides is 1. The molecule has 1 aliphatic carbocycles. The normalized spacial score (nSPS) is 21.7. The molecular formula is C18H21ClN2O6. The van der Waals surface area contributed by atoms with E-state index in [2.05, 4.69) is 5.32 Å². The molecule has 0 aromatic heterocycles. The van der Waals surface area contributed by atoms with Crippen LogP contribution in [0.15, 0.2) is 24.3 Å². The molecule has 1 amide bonds. The summed E-state index contributed by atoms with van der Waals surface area (Å²) in [6.07, 6.45) is -0.0335. The largest absolute Gasteiger partial charge is 0.456 e. The maximum absolute atomic E-state index is 12.0. The number of esters is 1. The van der Waals surface area contributed by atoms with Gasteiger partial charge in [-0.05, 0) is 17.5 Å². The summed E-state index contributed by atoms with van der Waals surface area (Å²) in [7, 11) is 0. The van der Waals surface area contributed by atoms with Crippen molar-refractivity contribution in [3.05, 3.63) is 45.0 Å². The Balaban J connectivity index is 1.79. The minimum absolute atomic E-state index is 0.153. The average molecular weight is 397 g/mol. The van der Waals surface area contributed by atoms with Crippen molar-refractivity contribution < 1.29 is 24.0 Å². The van der Waals surface area contributed by atoms with E-state index in [1.54, 1.807) is 31.2 Å². The van der Waals surface area contributed by atoms with E-state index < -0.39 is 35.2 Å². The lowest BCUT2D eigenvalue weighted by Gasteiger charge is -2.17. The zero-order chi connectivity index (χ0) is 20.0. The molecule has 1 aliphatic rings. The maximum atomic E-state index is 12.0. The van der Waals surface area contributed by atoms with Gasteiger partial charge in [0.25, 0.3) is 5.91 Å². The molecule has 146 valence electrons. The van der Waals surface area contributed by atoms with E-state index in [4.69, 9.17) is 16.3 Å². The molecule has 9 heteroatoms. The molecule has 0 radical (unpaired) electrons. The van der Waals surface area contributed by atoms with Crippen LogP contribution in [0.1, 0.15) is 25.3 Å².